The predicted octanol–water partition coefficient (Wildman–Crippen LogP) is 3.35. The van der Waals surface area contributed by atoms with E-state index in [0.717, 1.165) is 26.3 Å². The van der Waals surface area contributed by atoms with Crippen molar-refractivity contribution in [2.24, 2.45) is 0 Å². The first-order valence-electron chi connectivity index (χ1n) is 4.75. The predicted molar refractivity (Wildman–Crippen MR) is 66.0 cm³/mol. The Bertz CT molecular complexity index is 737. The average Bonchev–Trinajstić information content (AvgIpc) is 2.68. The van der Waals surface area contributed by atoms with Gasteiger partial charge in [-0.2, -0.15) is 5.26 Å². The van der Waals surface area contributed by atoms with E-state index in [4.69, 9.17) is 5.26 Å². The minimum absolute atomic E-state index is 0.644. The van der Waals surface area contributed by atoms with E-state index >= 15 is 0 Å². The van der Waals surface area contributed by atoms with Gasteiger partial charge in [-0.25, -0.2) is 0 Å². The van der Waals surface area contributed by atoms with Gasteiger partial charge in [-0.1, -0.05) is 0 Å². The summed E-state index contributed by atoms with van der Waals surface area (Å²) >= 11 is 3.48. The third-order valence-corrected chi connectivity index (χ3v) is 3.45. The third kappa shape index (κ3) is 1.15. The molecule has 0 saturated heterocycles. The van der Waals surface area contributed by atoms with Crippen LogP contribution in [0.1, 0.15) is 5.56 Å². The highest BCUT2D eigenvalue weighted by Gasteiger charge is 2.10. The Morgan fingerprint density at radius 1 is 1.25 bits per heavy atom. The molecular formula is C12H6BrN3. The van der Waals surface area contributed by atoms with Crippen molar-refractivity contribution in [1.82, 2.24) is 9.97 Å². The molecule has 0 atom stereocenters. The van der Waals surface area contributed by atoms with Gasteiger partial charge in [0, 0.05) is 27.0 Å². The number of H-pyrrole nitrogens is 1. The molecule has 2 heterocycles. The second-order valence-electron chi connectivity index (χ2n) is 3.51. The maximum atomic E-state index is 8.98. The third-order valence-electron chi connectivity index (χ3n) is 2.62. The smallest absolute Gasteiger partial charge is 0.100 e. The zero-order valence-electron chi connectivity index (χ0n) is 8.16. The number of halogens is 1. The zero-order valence-corrected chi connectivity index (χ0v) is 9.75. The summed E-state index contributed by atoms with van der Waals surface area (Å²) in [6.07, 6.45) is 3.54. The van der Waals surface area contributed by atoms with Crippen LogP contribution in [0.4, 0.5) is 0 Å². The molecule has 0 amide bonds. The average molecular weight is 272 g/mol. The van der Waals surface area contributed by atoms with Gasteiger partial charge < -0.3 is 4.98 Å². The molecule has 0 spiro atoms. The standard InChI is InChI=1S/C12H6BrN3/c13-12-7(5-14)1-2-9-11(12)8-3-4-15-6-10(8)16-9/h1-4,6,16H. The molecule has 3 aromatic rings. The van der Waals surface area contributed by atoms with Crippen LogP contribution in [0.3, 0.4) is 0 Å². The van der Waals surface area contributed by atoms with Crippen LogP contribution in [0, 0.1) is 11.3 Å². The Kier molecular flexibility index (Phi) is 1.95. The molecule has 0 aliphatic rings. The van der Waals surface area contributed by atoms with Crippen molar-refractivity contribution in [3.05, 3.63) is 40.6 Å². The Hall–Kier alpha value is -1.86. The van der Waals surface area contributed by atoms with E-state index in [1.165, 1.54) is 0 Å². The van der Waals surface area contributed by atoms with Crippen molar-refractivity contribution >= 4 is 37.7 Å². The molecule has 3 nitrogen and oxygen atoms in total. The minimum Gasteiger partial charge on any atom is -0.353 e. The molecule has 0 aliphatic carbocycles. The largest absolute Gasteiger partial charge is 0.353 e. The zero-order chi connectivity index (χ0) is 11.1. The molecule has 0 bridgehead atoms. The first kappa shape index (κ1) is 9.37. The monoisotopic (exact) mass is 271 g/mol. The molecule has 1 aromatic carbocycles. The van der Waals surface area contributed by atoms with Crippen LogP contribution in [0.2, 0.25) is 0 Å². The van der Waals surface area contributed by atoms with E-state index < -0.39 is 0 Å². The number of nitrogens with zero attached hydrogens (tertiary/aromatic N) is 2. The fraction of sp³-hybridized carbons (Fsp3) is 0. The van der Waals surface area contributed by atoms with Crippen LogP contribution in [0.25, 0.3) is 21.8 Å². The van der Waals surface area contributed by atoms with Gasteiger partial charge >= 0.3 is 0 Å². The lowest BCUT2D eigenvalue weighted by molar-refractivity contribution is 1.35. The second kappa shape index (κ2) is 3.32. The van der Waals surface area contributed by atoms with Gasteiger partial charge in [-0.3, -0.25) is 4.98 Å². The van der Waals surface area contributed by atoms with Gasteiger partial charge in [0.15, 0.2) is 0 Å². The molecule has 2 aromatic heterocycles. The van der Waals surface area contributed by atoms with E-state index in [-0.39, 0.29) is 0 Å². The van der Waals surface area contributed by atoms with Crippen LogP contribution in [-0.4, -0.2) is 9.97 Å². The van der Waals surface area contributed by atoms with Crippen molar-refractivity contribution in [3.8, 4) is 6.07 Å². The minimum atomic E-state index is 0.644. The normalized spacial score (nSPS) is 10.8. The fourth-order valence-electron chi connectivity index (χ4n) is 1.89. The summed E-state index contributed by atoms with van der Waals surface area (Å²) in [4.78, 5) is 7.34. The van der Waals surface area contributed by atoms with E-state index in [9.17, 15) is 0 Å². The molecule has 0 aliphatic heterocycles. The molecule has 0 radical (unpaired) electrons. The van der Waals surface area contributed by atoms with Crippen molar-refractivity contribution < 1.29 is 0 Å². The number of benzene rings is 1. The van der Waals surface area contributed by atoms with Gasteiger partial charge in [0.25, 0.3) is 0 Å². The first-order valence-corrected chi connectivity index (χ1v) is 5.54. The molecular weight excluding hydrogens is 266 g/mol. The Labute approximate surface area is 99.8 Å². The highest BCUT2D eigenvalue weighted by molar-refractivity contribution is 9.10. The molecule has 0 fully saturated rings. The van der Waals surface area contributed by atoms with E-state index in [1.807, 2.05) is 12.1 Å². The molecule has 3 rings (SSSR count). The van der Waals surface area contributed by atoms with E-state index in [0.29, 0.717) is 5.56 Å². The quantitative estimate of drug-likeness (QED) is 0.682. The number of fused-ring (bicyclic) bond motifs is 3. The van der Waals surface area contributed by atoms with Crippen LogP contribution in [-0.2, 0) is 0 Å². The summed E-state index contributed by atoms with van der Waals surface area (Å²) in [7, 11) is 0. The topological polar surface area (TPSA) is 52.5 Å². The van der Waals surface area contributed by atoms with Crippen molar-refractivity contribution in [2.45, 2.75) is 0 Å². The molecule has 0 unspecified atom stereocenters. The van der Waals surface area contributed by atoms with Gasteiger partial charge in [0.1, 0.15) is 6.07 Å². The van der Waals surface area contributed by atoms with Gasteiger partial charge in [-0.15, -0.1) is 0 Å². The molecule has 1 N–H and O–H groups in total. The van der Waals surface area contributed by atoms with Crippen LogP contribution in [0.5, 0.6) is 0 Å². The number of aromatic nitrogens is 2. The van der Waals surface area contributed by atoms with Gasteiger partial charge in [0.05, 0.1) is 17.3 Å². The number of nitriles is 1. The molecule has 76 valence electrons. The lowest BCUT2D eigenvalue weighted by atomic mass is 10.1. The molecule has 4 heteroatoms. The maximum absolute atomic E-state index is 8.98. The number of hydrogen-bond acceptors (Lipinski definition) is 2. The highest BCUT2D eigenvalue weighted by atomic mass is 79.9. The van der Waals surface area contributed by atoms with Crippen molar-refractivity contribution in [3.63, 3.8) is 0 Å². The summed E-state index contributed by atoms with van der Waals surface area (Å²) in [5.74, 6) is 0. The number of hydrogen-bond donors (Lipinski definition) is 1. The number of pyridine rings is 1. The SMILES string of the molecule is N#Cc1ccc2[nH]c3cnccc3c2c1Br. The van der Waals surface area contributed by atoms with Crippen LogP contribution < -0.4 is 0 Å². The Morgan fingerprint density at radius 2 is 2.12 bits per heavy atom. The summed E-state index contributed by atoms with van der Waals surface area (Å²) in [5.41, 5.74) is 2.63. The number of nitrogens with one attached hydrogen (secondary N) is 1. The van der Waals surface area contributed by atoms with E-state index in [2.05, 4.69) is 32.0 Å². The Morgan fingerprint density at radius 3 is 2.94 bits per heavy atom. The molecule has 0 saturated carbocycles. The van der Waals surface area contributed by atoms with Crippen molar-refractivity contribution in [1.29, 1.82) is 5.26 Å². The lowest BCUT2D eigenvalue weighted by Gasteiger charge is -1.97. The van der Waals surface area contributed by atoms with Crippen molar-refractivity contribution in [2.75, 3.05) is 0 Å². The fourth-order valence-corrected chi connectivity index (χ4v) is 2.54. The maximum Gasteiger partial charge on any atom is 0.100 e. The Balaban J connectivity index is 2.59. The summed E-state index contributed by atoms with van der Waals surface area (Å²) < 4.78 is 0.838. The number of aromatic amines is 1. The van der Waals surface area contributed by atoms with Gasteiger partial charge in [0.2, 0.25) is 0 Å². The van der Waals surface area contributed by atoms with Crippen LogP contribution in [0.15, 0.2) is 35.1 Å². The van der Waals surface area contributed by atoms with Crippen LogP contribution >= 0.6 is 15.9 Å². The second-order valence-corrected chi connectivity index (χ2v) is 4.30. The summed E-state index contributed by atoms with van der Waals surface area (Å²) in [5, 5.41) is 11.1. The highest BCUT2D eigenvalue weighted by Crippen LogP contribution is 2.33. The number of rotatable bonds is 0. The molecule has 16 heavy (non-hydrogen) atoms. The lowest BCUT2D eigenvalue weighted by Crippen LogP contribution is -1.78. The summed E-state index contributed by atoms with van der Waals surface area (Å²) in [6.45, 7) is 0. The summed E-state index contributed by atoms with van der Waals surface area (Å²) in [6, 6.07) is 7.83. The van der Waals surface area contributed by atoms with E-state index in [1.54, 1.807) is 18.5 Å². The first-order chi connectivity index (χ1) is 7.81. The van der Waals surface area contributed by atoms with Gasteiger partial charge in [-0.05, 0) is 34.1 Å².